The maximum Gasteiger partial charge on any atom is 0.348 e. The molecule has 1 heterocycles. The van der Waals surface area contributed by atoms with Gasteiger partial charge >= 0.3 is 5.97 Å². The van der Waals surface area contributed by atoms with E-state index in [1.807, 2.05) is 30.3 Å². The first-order valence-electron chi connectivity index (χ1n) is 3.30. The molecule has 0 saturated heterocycles. The van der Waals surface area contributed by atoms with Crippen molar-refractivity contribution in [1.29, 1.82) is 0 Å². The van der Waals surface area contributed by atoms with Gasteiger partial charge in [-0.05, 0) is 0 Å². The van der Waals surface area contributed by atoms with Crippen molar-refractivity contribution in [3.63, 3.8) is 0 Å². The third-order valence-corrected chi connectivity index (χ3v) is 1.36. The number of imidazole rings is 1. The summed E-state index contributed by atoms with van der Waals surface area (Å²) in [5.74, 6) is -0.235. The summed E-state index contributed by atoms with van der Waals surface area (Å²) in [6.07, 6.45) is 5.50. The van der Waals surface area contributed by atoms with Crippen LogP contribution in [0.2, 0.25) is 0 Å². The summed E-state index contributed by atoms with van der Waals surface area (Å²) in [5, 5.41) is 0. The molecular formula is C7H11ClN2O2. The van der Waals surface area contributed by atoms with Crippen LogP contribution in [-0.4, -0.2) is 17.6 Å². The highest BCUT2D eigenvalue weighted by atomic mass is 35.5. The van der Waals surface area contributed by atoms with Crippen LogP contribution in [0.15, 0.2) is 18.7 Å². The van der Waals surface area contributed by atoms with Crippen LogP contribution in [0.1, 0.15) is 0 Å². The lowest BCUT2D eigenvalue weighted by atomic mass is 10.6. The highest BCUT2D eigenvalue weighted by Crippen LogP contribution is 1.84. The molecule has 0 aliphatic heterocycles. The van der Waals surface area contributed by atoms with Crippen LogP contribution in [0, 0.1) is 0 Å². The quantitative estimate of drug-likeness (QED) is 0.358. The first kappa shape index (κ1) is 11.0. The van der Waals surface area contributed by atoms with Gasteiger partial charge in [0.05, 0.1) is 14.2 Å². The van der Waals surface area contributed by atoms with Crippen molar-refractivity contribution in [2.24, 2.45) is 7.05 Å². The Morgan fingerprint density at radius 3 is 2.75 bits per heavy atom. The van der Waals surface area contributed by atoms with Gasteiger partial charge in [-0.1, -0.05) is 0 Å². The molecule has 4 nitrogen and oxygen atoms in total. The van der Waals surface area contributed by atoms with Gasteiger partial charge in [0.1, 0.15) is 12.4 Å². The maximum atomic E-state index is 10.7. The van der Waals surface area contributed by atoms with Crippen LogP contribution in [0.4, 0.5) is 0 Å². The standard InChI is InChI=1S/C7H11N2O2.ClH/c1-8-3-4-9(6-8)5-7(10)11-2;/h3-4,6H,5H2,1-2H3;1H/q+1;/p-1. The molecule has 5 heteroatoms. The summed E-state index contributed by atoms with van der Waals surface area (Å²) in [7, 11) is 3.28. The molecule has 0 fully saturated rings. The van der Waals surface area contributed by atoms with Crippen molar-refractivity contribution < 1.29 is 26.5 Å². The SMILES string of the molecule is COC(=O)Cn1cc[n+](C)c1.[Cl-]. The molecule has 68 valence electrons. The molecule has 0 aliphatic carbocycles. The number of hydrogen-bond acceptors (Lipinski definition) is 2. The lowest BCUT2D eigenvalue weighted by Crippen LogP contribution is -3.00. The van der Waals surface area contributed by atoms with E-state index in [2.05, 4.69) is 4.74 Å². The van der Waals surface area contributed by atoms with Gasteiger partial charge in [-0.2, -0.15) is 0 Å². The Morgan fingerprint density at radius 2 is 2.33 bits per heavy atom. The van der Waals surface area contributed by atoms with Crippen molar-refractivity contribution >= 4 is 5.97 Å². The second-order valence-electron chi connectivity index (χ2n) is 2.33. The number of ether oxygens (including phenoxy) is 1. The number of nitrogens with zero attached hydrogens (tertiary/aromatic N) is 2. The predicted octanol–water partition coefficient (Wildman–Crippen LogP) is -3.51. The lowest BCUT2D eigenvalue weighted by Gasteiger charge is -1.92. The minimum atomic E-state index is -0.235. The Morgan fingerprint density at radius 1 is 1.67 bits per heavy atom. The fourth-order valence-corrected chi connectivity index (χ4v) is 0.809. The summed E-state index contributed by atoms with van der Waals surface area (Å²) in [6, 6.07) is 0. The third kappa shape index (κ3) is 2.92. The number of carbonyl (C=O) groups is 1. The molecule has 1 aromatic heterocycles. The molecule has 0 spiro atoms. The Labute approximate surface area is 77.2 Å². The Kier molecular flexibility index (Phi) is 4.36. The highest BCUT2D eigenvalue weighted by molar-refractivity contribution is 5.68. The highest BCUT2D eigenvalue weighted by Gasteiger charge is 2.06. The largest absolute Gasteiger partial charge is 1.00 e. The molecule has 12 heavy (non-hydrogen) atoms. The van der Waals surface area contributed by atoms with E-state index in [0.717, 1.165) is 0 Å². The second kappa shape index (κ2) is 4.77. The predicted molar refractivity (Wildman–Crippen MR) is 37.6 cm³/mol. The first-order chi connectivity index (χ1) is 5.22. The van der Waals surface area contributed by atoms with E-state index in [0.29, 0.717) is 0 Å². The van der Waals surface area contributed by atoms with Crippen molar-refractivity contribution in [1.82, 2.24) is 4.57 Å². The normalized spacial score (nSPS) is 8.83. The zero-order chi connectivity index (χ0) is 8.27. The van der Waals surface area contributed by atoms with Gasteiger partial charge in [-0.15, -0.1) is 0 Å². The Balaban J connectivity index is 0.00000121. The fraction of sp³-hybridized carbons (Fsp3) is 0.429. The molecule has 0 aliphatic rings. The second-order valence-corrected chi connectivity index (χ2v) is 2.33. The van der Waals surface area contributed by atoms with Crippen molar-refractivity contribution in [3.8, 4) is 0 Å². The summed E-state index contributed by atoms with van der Waals surface area (Å²) >= 11 is 0. The lowest BCUT2D eigenvalue weighted by molar-refractivity contribution is -0.671. The average Bonchev–Trinajstić information content (AvgIpc) is 2.35. The molecule has 0 radical (unpaired) electrons. The number of esters is 1. The monoisotopic (exact) mass is 190 g/mol. The molecule has 0 aromatic carbocycles. The van der Waals surface area contributed by atoms with Gasteiger partial charge in [0.15, 0.2) is 6.54 Å². The van der Waals surface area contributed by atoms with Crippen LogP contribution < -0.4 is 17.0 Å². The molecule has 0 amide bonds. The minimum Gasteiger partial charge on any atom is -1.00 e. The van der Waals surface area contributed by atoms with Gasteiger partial charge in [0.25, 0.3) is 0 Å². The Bertz CT molecular complexity index is 260. The van der Waals surface area contributed by atoms with Gasteiger partial charge < -0.3 is 17.1 Å². The summed E-state index contributed by atoms with van der Waals surface area (Å²) in [5.41, 5.74) is 0. The average molecular weight is 191 g/mol. The van der Waals surface area contributed by atoms with Gasteiger partial charge in [0.2, 0.25) is 6.33 Å². The smallest absolute Gasteiger partial charge is 0.348 e. The molecule has 1 aromatic rings. The van der Waals surface area contributed by atoms with Gasteiger partial charge in [0, 0.05) is 0 Å². The minimum absolute atomic E-state index is 0. The van der Waals surface area contributed by atoms with Crippen LogP contribution in [-0.2, 0) is 23.1 Å². The number of carbonyl (C=O) groups excluding carboxylic acids is 1. The van der Waals surface area contributed by atoms with E-state index in [1.165, 1.54) is 7.11 Å². The fourth-order valence-electron chi connectivity index (χ4n) is 0.809. The topological polar surface area (TPSA) is 35.1 Å². The van der Waals surface area contributed by atoms with E-state index >= 15 is 0 Å². The molecule has 0 unspecified atom stereocenters. The zero-order valence-corrected chi connectivity index (χ0v) is 7.78. The van der Waals surface area contributed by atoms with Crippen molar-refractivity contribution in [2.45, 2.75) is 6.54 Å². The van der Waals surface area contributed by atoms with Crippen LogP contribution >= 0.6 is 0 Å². The van der Waals surface area contributed by atoms with Crippen molar-refractivity contribution in [3.05, 3.63) is 18.7 Å². The van der Waals surface area contributed by atoms with E-state index in [1.54, 1.807) is 4.57 Å². The van der Waals surface area contributed by atoms with Crippen molar-refractivity contribution in [2.75, 3.05) is 7.11 Å². The van der Waals surface area contributed by atoms with E-state index in [-0.39, 0.29) is 24.9 Å². The van der Waals surface area contributed by atoms with Crippen LogP contribution in [0.25, 0.3) is 0 Å². The number of halogens is 1. The third-order valence-electron chi connectivity index (χ3n) is 1.36. The first-order valence-corrected chi connectivity index (χ1v) is 3.30. The molecule has 0 bridgehead atoms. The zero-order valence-electron chi connectivity index (χ0n) is 7.03. The maximum absolute atomic E-state index is 10.7. The van der Waals surface area contributed by atoms with E-state index < -0.39 is 0 Å². The molecule has 0 atom stereocenters. The van der Waals surface area contributed by atoms with Crippen LogP contribution in [0.3, 0.4) is 0 Å². The molecule has 0 saturated carbocycles. The summed E-state index contributed by atoms with van der Waals surface area (Å²) < 4.78 is 8.11. The number of methoxy groups -OCH3 is 1. The van der Waals surface area contributed by atoms with E-state index in [9.17, 15) is 4.79 Å². The van der Waals surface area contributed by atoms with E-state index in [4.69, 9.17) is 0 Å². The van der Waals surface area contributed by atoms with Crippen LogP contribution in [0.5, 0.6) is 0 Å². The number of rotatable bonds is 2. The molecule has 1 rings (SSSR count). The van der Waals surface area contributed by atoms with Gasteiger partial charge in [-0.25, -0.2) is 13.9 Å². The van der Waals surface area contributed by atoms with Gasteiger partial charge in [-0.3, -0.25) is 0 Å². The Hall–Kier alpha value is -1.03. The number of aryl methyl sites for hydroxylation is 1. The molecular weight excluding hydrogens is 180 g/mol. The summed E-state index contributed by atoms with van der Waals surface area (Å²) in [6.45, 7) is 0.275. The summed E-state index contributed by atoms with van der Waals surface area (Å²) in [4.78, 5) is 10.7. The molecule has 0 N–H and O–H groups in total. The number of hydrogen-bond donors (Lipinski definition) is 0. The number of aromatic nitrogens is 2.